The Morgan fingerprint density at radius 3 is 2.13 bits per heavy atom. The number of aliphatic hydroxyl groups excluding tert-OH is 1. The Labute approximate surface area is 293 Å². The summed E-state index contributed by atoms with van der Waals surface area (Å²) < 4.78 is 5.48. The van der Waals surface area contributed by atoms with Gasteiger partial charge in [0.2, 0.25) is 0 Å². The van der Waals surface area contributed by atoms with E-state index in [2.05, 4.69) is 66.1 Å². The molecule has 6 nitrogen and oxygen atoms in total. The zero-order chi connectivity index (χ0) is 33.7. The van der Waals surface area contributed by atoms with Crippen LogP contribution in [0.25, 0.3) is 44.3 Å². The van der Waals surface area contributed by atoms with Crippen molar-refractivity contribution >= 4 is 27.5 Å². The van der Waals surface area contributed by atoms with Crippen LogP contribution < -0.4 is 0 Å². The summed E-state index contributed by atoms with van der Waals surface area (Å²) in [6, 6.07) is 18.1. The molecule has 0 aliphatic rings. The molecule has 0 aliphatic carbocycles. The Hall–Kier alpha value is -3.67. The third kappa shape index (κ3) is 8.25. The summed E-state index contributed by atoms with van der Waals surface area (Å²) in [5.74, 6) is 0.286. The maximum Gasteiger partial charge on any atom is 0.164 e. The molecule has 7 heteroatoms. The minimum absolute atomic E-state index is 0. The number of furan rings is 1. The number of rotatable bonds is 9. The number of carbonyl (C=O) groups excluding carboxylic acids is 1. The van der Waals surface area contributed by atoms with Gasteiger partial charge in [-0.05, 0) is 43.2 Å². The second kappa shape index (κ2) is 15.5. The summed E-state index contributed by atoms with van der Waals surface area (Å²) in [6.45, 7) is 18.8. The van der Waals surface area contributed by atoms with Gasteiger partial charge in [-0.15, -0.1) is 29.1 Å². The first kappa shape index (κ1) is 37.8. The molecule has 1 N–H and O–H groups in total. The first-order valence-electron chi connectivity index (χ1n) is 16.3. The van der Waals surface area contributed by atoms with Crippen LogP contribution in [0, 0.1) is 16.9 Å². The van der Waals surface area contributed by atoms with Gasteiger partial charge in [-0.1, -0.05) is 91.5 Å². The SMILES string of the molecule is CC(C)(C)c1cc(-c2cc(-c3cncc4occc34)ncn2)[c-]c2ccccc12.CCC(C)(CC)C(=O)/C=C(\O)C(C)(CC)CC.[Ir]. The van der Waals surface area contributed by atoms with E-state index in [-0.39, 0.29) is 47.9 Å². The number of allylic oxidation sites excluding steroid dienone is 2. The van der Waals surface area contributed by atoms with Crippen molar-refractivity contribution in [2.24, 2.45) is 10.8 Å². The van der Waals surface area contributed by atoms with Crippen molar-refractivity contribution in [1.82, 2.24) is 15.0 Å². The monoisotopic (exact) mass is 811 g/mol. The standard InChI is InChI=1S/C25H20N3O.C15H28O2.Ir/c1-25(2,3)21-11-17(10-16-6-4-5-7-18(16)21)22-12-23(28-15-27-22)20-13-26-14-24-19(20)8-9-29-24;1-7-14(5,8-2)12(16)11-13(17)15(6,9-3)10-4;/h4-9,11-15H,1-3H3;11,16H,7-10H2,1-6H3;/q-1;;/b;12-11-;. The molecule has 3 aromatic heterocycles. The Balaban J connectivity index is 0.000000290. The Kier molecular flexibility index (Phi) is 12.4. The zero-order valence-electron chi connectivity index (χ0n) is 29.2. The van der Waals surface area contributed by atoms with E-state index in [9.17, 15) is 9.90 Å². The van der Waals surface area contributed by atoms with Gasteiger partial charge in [-0.25, -0.2) is 4.98 Å². The smallest absolute Gasteiger partial charge is 0.164 e. The van der Waals surface area contributed by atoms with Gasteiger partial charge in [0.25, 0.3) is 0 Å². The number of hydrogen-bond donors (Lipinski definition) is 1. The summed E-state index contributed by atoms with van der Waals surface area (Å²) >= 11 is 0. The third-order valence-corrected chi connectivity index (χ3v) is 9.79. The minimum atomic E-state index is -0.337. The number of aromatic nitrogens is 3. The van der Waals surface area contributed by atoms with Gasteiger partial charge < -0.3 is 9.52 Å². The molecule has 0 atom stereocenters. The Bertz CT molecular complexity index is 1840. The molecule has 0 unspecified atom stereocenters. The number of nitrogens with zero attached hydrogens (tertiary/aromatic N) is 3. The minimum Gasteiger partial charge on any atom is -0.512 e. The second-order valence-electron chi connectivity index (χ2n) is 13.6. The third-order valence-electron chi connectivity index (χ3n) is 9.79. The average Bonchev–Trinajstić information content (AvgIpc) is 3.56. The molecule has 2 aromatic carbocycles. The van der Waals surface area contributed by atoms with E-state index < -0.39 is 0 Å². The van der Waals surface area contributed by atoms with E-state index in [0.29, 0.717) is 0 Å². The summed E-state index contributed by atoms with van der Waals surface area (Å²) in [4.78, 5) is 25.5. The van der Waals surface area contributed by atoms with Crippen LogP contribution in [0.15, 0.2) is 83.7 Å². The summed E-state index contributed by atoms with van der Waals surface area (Å²) in [7, 11) is 0. The van der Waals surface area contributed by atoms with Crippen molar-refractivity contribution in [3.8, 4) is 22.5 Å². The number of ketones is 1. The zero-order valence-corrected chi connectivity index (χ0v) is 31.6. The number of benzene rings is 2. The molecule has 0 bridgehead atoms. The fraction of sp³-hybridized carbons (Fsp3) is 0.400. The largest absolute Gasteiger partial charge is 0.512 e. The molecule has 0 aliphatic heterocycles. The molecule has 1 radical (unpaired) electrons. The Morgan fingerprint density at radius 1 is 0.851 bits per heavy atom. The molecular weight excluding hydrogens is 763 g/mol. The molecule has 0 amide bonds. The van der Waals surface area contributed by atoms with Gasteiger partial charge >= 0.3 is 0 Å². The predicted octanol–water partition coefficient (Wildman–Crippen LogP) is 10.9. The average molecular weight is 811 g/mol. The number of carbonyl (C=O) groups is 1. The van der Waals surface area contributed by atoms with E-state index in [0.717, 1.165) is 64.6 Å². The number of fused-ring (bicyclic) bond motifs is 2. The fourth-order valence-electron chi connectivity index (χ4n) is 5.42. The maximum atomic E-state index is 12.2. The van der Waals surface area contributed by atoms with Gasteiger partial charge in [0.15, 0.2) is 11.4 Å². The van der Waals surface area contributed by atoms with Crippen molar-refractivity contribution in [2.75, 3.05) is 0 Å². The number of pyridine rings is 1. The van der Waals surface area contributed by atoms with Crippen molar-refractivity contribution in [3.05, 3.63) is 90.9 Å². The van der Waals surface area contributed by atoms with Gasteiger partial charge in [0.1, 0.15) is 12.1 Å². The summed E-state index contributed by atoms with van der Waals surface area (Å²) in [6.07, 6.45) is 11.6. The fourth-order valence-corrected chi connectivity index (χ4v) is 5.42. The molecule has 5 aromatic rings. The van der Waals surface area contributed by atoms with E-state index in [1.54, 1.807) is 18.8 Å². The molecular formula is C40H48IrN3O3-. The van der Waals surface area contributed by atoms with Crippen LogP contribution in [0.5, 0.6) is 0 Å². The van der Waals surface area contributed by atoms with Gasteiger partial charge in [0.05, 0.1) is 18.2 Å². The van der Waals surface area contributed by atoms with Crippen molar-refractivity contribution in [2.45, 2.75) is 93.4 Å². The maximum absolute atomic E-state index is 12.2. The molecule has 0 fully saturated rings. The second-order valence-corrected chi connectivity index (χ2v) is 13.6. The molecule has 0 spiro atoms. The van der Waals surface area contributed by atoms with Crippen LogP contribution in [0.1, 0.15) is 93.6 Å². The van der Waals surface area contributed by atoms with Gasteiger partial charge in [0, 0.05) is 59.9 Å². The van der Waals surface area contributed by atoms with Crippen molar-refractivity contribution in [3.63, 3.8) is 0 Å². The van der Waals surface area contributed by atoms with Crippen molar-refractivity contribution in [1.29, 1.82) is 0 Å². The van der Waals surface area contributed by atoms with Crippen LogP contribution in [-0.2, 0) is 30.3 Å². The van der Waals surface area contributed by atoms with Crippen molar-refractivity contribution < 1.29 is 34.4 Å². The topological polar surface area (TPSA) is 89.1 Å². The van der Waals surface area contributed by atoms with Crippen LogP contribution in [-0.4, -0.2) is 25.8 Å². The number of hydrogen-bond acceptors (Lipinski definition) is 6. The predicted molar refractivity (Wildman–Crippen MR) is 189 cm³/mol. The van der Waals surface area contributed by atoms with E-state index in [4.69, 9.17) is 4.42 Å². The Morgan fingerprint density at radius 2 is 1.49 bits per heavy atom. The van der Waals surface area contributed by atoms with Gasteiger partial charge in [-0.2, -0.15) is 0 Å². The molecule has 251 valence electrons. The van der Waals surface area contributed by atoms with E-state index >= 15 is 0 Å². The first-order chi connectivity index (χ1) is 21.8. The van der Waals surface area contributed by atoms with Crippen LogP contribution >= 0.6 is 0 Å². The van der Waals surface area contributed by atoms with Crippen LogP contribution in [0.4, 0.5) is 0 Å². The van der Waals surface area contributed by atoms with E-state index in [1.165, 1.54) is 17.0 Å². The normalized spacial score (nSPS) is 12.4. The summed E-state index contributed by atoms with van der Waals surface area (Å²) in [5.41, 5.74) is 4.97. The van der Waals surface area contributed by atoms with Crippen LogP contribution in [0.3, 0.4) is 0 Å². The van der Waals surface area contributed by atoms with Crippen LogP contribution in [0.2, 0.25) is 0 Å². The molecule has 5 rings (SSSR count). The molecule has 3 heterocycles. The first-order valence-corrected chi connectivity index (χ1v) is 16.3. The molecule has 0 saturated heterocycles. The quantitative estimate of drug-likeness (QED) is 0.0906. The van der Waals surface area contributed by atoms with E-state index in [1.807, 2.05) is 65.9 Å². The molecule has 0 saturated carbocycles. The number of aliphatic hydroxyl groups is 1. The summed E-state index contributed by atoms with van der Waals surface area (Å²) in [5, 5.41) is 13.4. The molecule has 47 heavy (non-hydrogen) atoms. The van der Waals surface area contributed by atoms with Gasteiger partial charge in [-0.3, -0.25) is 14.8 Å².